The van der Waals surface area contributed by atoms with E-state index in [1.165, 1.54) is 11.8 Å². The minimum atomic E-state index is -0.274. The quantitative estimate of drug-likeness (QED) is 0.805. The van der Waals surface area contributed by atoms with E-state index in [-0.39, 0.29) is 5.82 Å². The van der Waals surface area contributed by atoms with Gasteiger partial charge in [-0.3, -0.25) is 9.67 Å². The standard InChI is InChI=1S/C17H18FN5/c1-23-16-6-5-13(8-15(16)21-22-23)19-9-11-7-12-3-2-4-14(18)17(12)20-10-11/h2-4,7,10,13,19H,5-6,8-9H2,1H3. The zero-order chi connectivity index (χ0) is 15.8. The van der Waals surface area contributed by atoms with Gasteiger partial charge in [0.15, 0.2) is 0 Å². The van der Waals surface area contributed by atoms with Gasteiger partial charge < -0.3 is 5.32 Å². The van der Waals surface area contributed by atoms with Crippen LogP contribution in [-0.2, 0) is 26.4 Å². The van der Waals surface area contributed by atoms with Gasteiger partial charge >= 0.3 is 0 Å². The van der Waals surface area contributed by atoms with E-state index in [0.29, 0.717) is 11.6 Å². The maximum Gasteiger partial charge on any atom is 0.149 e. The molecule has 2 aromatic heterocycles. The third-order valence-corrected chi connectivity index (χ3v) is 4.51. The lowest BCUT2D eigenvalue weighted by molar-refractivity contribution is 0.447. The molecule has 0 spiro atoms. The lowest BCUT2D eigenvalue weighted by Gasteiger charge is -2.22. The molecule has 118 valence electrons. The largest absolute Gasteiger partial charge is 0.309 e. The number of hydrogen-bond acceptors (Lipinski definition) is 4. The Balaban J connectivity index is 1.45. The van der Waals surface area contributed by atoms with Crippen molar-refractivity contribution < 1.29 is 4.39 Å². The van der Waals surface area contributed by atoms with Gasteiger partial charge in [0.1, 0.15) is 11.3 Å². The van der Waals surface area contributed by atoms with Crippen LogP contribution < -0.4 is 5.32 Å². The van der Waals surface area contributed by atoms with E-state index in [0.717, 1.165) is 42.5 Å². The minimum absolute atomic E-state index is 0.274. The zero-order valence-electron chi connectivity index (χ0n) is 13.0. The summed E-state index contributed by atoms with van der Waals surface area (Å²) >= 11 is 0. The highest BCUT2D eigenvalue weighted by Crippen LogP contribution is 2.20. The maximum atomic E-state index is 13.6. The van der Waals surface area contributed by atoms with Crippen molar-refractivity contribution in [1.29, 1.82) is 0 Å². The molecular weight excluding hydrogens is 293 g/mol. The molecule has 1 unspecified atom stereocenters. The maximum absolute atomic E-state index is 13.6. The van der Waals surface area contributed by atoms with Crippen LogP contribution in [0, 0.1) is 5.82 Å². The monoisotopic (exact) mass is 311 g/mol. The molecule has 0 saturated carbocycles. The smallest absolute Gasteiger partial charge is 0.149 e. The molecule has 23 heavy (non-hydrogen) atoms. The van der Waals surface area contributed by atoms with Crippen LogP contribution in [0.3, 0.4) is 0 Å². The van der Waals surface area contributed by atoms with Crippen molar-refractivity contribution in [2.75, 3.05) is 0 Å². The first kappa shape index (κ1) is 14.3. The Hall–Kier alpha value is -2.34. The van der Waals surface area contributed by atoms with E-state index >= 15 is 0 Å². The van der Waals surface area contributed by atoms with Gasteiger partial charge in [0, 0.05) is 37.6 Å². The van der Waals surface area contributed by atoms with Gasteiger partial charge in [-0.05, 0) is 30.5 Å². The summed E-state index contributed by atoms with van der Waals surface area (Å²) in [6, 6.07) is 7.43. The minimum Gasteiger partial charge on any atom is -0.309 e. The lowest BCUT2D eigenvalue weighted by atomic mass is 9.95. The predicted molar refractivity (Wildman–Crippen MR) is 85.4 cm³/mol. The molecule has 3 aromatic rings. The van der Waals surface area contributed by atoms with Gasteiger partial charge in [0.2, 0.25) is 0 Å². The first-order valence-corrected chi connectivity index (χ1v) is 7.84. The second kappa shape index (κ2) is 5.70. The average Bonchev–Trinajstić information content (AvgIpc) is 2.94. The van der Waals surface area contributed by atoms with Gasteiger partial charge in [0.25, 0.3) is 0 Å². The van der Waals surface area contributed by atoms with Crippen LogP contribution in [0.4, 0.5) is 4.39 Å². The van der Waals surface area contributed by atoms with Gasteiger partial charge in [-0.25, -0.2) is 4.39 Å². The molecule has 6 heteroatoms. The summed E-state index contributed by atoms with van der Waals surface area (Å²) < 4.78 is 15.5. The van der Waals surface area contributed by atoms with Crippen LogP contribution in [0.1, 0.15) is 23.4 Å². The fourth-order valence-electron chi connectivity index (χ4n) is 3.23. The van der Waals surface area contributed by atoms with Crippen LogP contribution in [0.5, 0.6) is 0 Å². The van der Waals surface area contributed by atoms with Crippen LogP contribution in [0.25, 0.3) is 10.9 Å². The van der Waals surface area contributed by atoms with Gasteiger partial charge in [0.05, 0.1) is 11.4 Å². The highest BCUT2D eigenvalue weighted by atomic mass is 19.1. The predicted octanol–water partition coefficient (Wildman–Crippen LogP) is 2.15. The van der Waals surface area contributed by atoms with Crippen molar-refractivity contribution in [3.05, 3.63) is 53.2 Å². The Labute approximate surface area is 133 Å². The van der Waals surface area contributed by atoms with E-state index < -0.39 is 0 Å². The number of halogens is 1. The Kier molecular flexibility index (Phi) is 3.53. The van der Waals surface area contributed by atoms with Gasteiger partial charge in [-0.1, -0.05) is 17.3 Å². The number of pyridine rings is 1. The van der Waals surface area contributed by atoms with E-state index in [9.17, 15) is 4.39 Å². The van der Waals surface area contributed by atoms with Crippen LogP contribution in [0.15, 0.2) is 30.5 Å². The van der Waals surface area contributed by atoms with E-state index in [2.05, 4.69) is 20.6 Å². The van der Waals surface area contributed by atoms with Crippen molar-refractivity contribution in [3.8, 4) is 0 Å². The third-order valence-electron chi connectivity index (χ3n) is 4.51. The first-order chi connectivity index (χ1) is 11.2. The van der Waals surface area contributed by atoms with Gasteiger partial charge in [-0.2, -0.15) is 0 Å². The molecule has 5 nitrogen and oxygen atoms in total. The number of aromatic nitrogens is 4. The molecule has 0 bridgehead atoms. The number of benzene rings is 1. The van der Waals surface area contributed by atoms with Crippen LogP contribution >= 0.6 is 0 Å². The third kappa shape index (κ3) is 2.70. The highest BCUT2D eigenvalue weighted by Gasteiger charge is 2.22. The SMILES string of the molecule is Cn1nnc2c1CCC(NCc1cnc3c(F)cccc3c1)C2. The lowest BCUT2D eigenvalue weighted by Crippen LogP contribution is -2.34. The zero-order valence-corrected chi connectivity index (χ0v) is 13.0. The molecule has 1 atom stereocenters. The molecule has 1 aromatic carbocycles. The molecule has 0 amide bonds. The van der Waals surface area contributed by atoms with Crippen molar-refractivity contribution in [2.45, 2.75) is 31.8 Å². The number of para-hydroxylation sites is 1. The first-order valence-electron chi connectivity index (χ1n) is 7.84. The summed E-state index contributed by atoms with van der Waals surface area (Å²) in [5, 5.41) is 12.7. The second-order valence-electron chi connectivity index (χ2n) is 6.08. The Bertz CT molecular complexity index is 857. The van der Waals surface area contributed by atoms with Crippen LogP contribution in [0.2, 0.25) is 0 Å². The summed E-state index contributed by atoms with van der Waals surface area (Å²) in [5.41, 5.74) is 3.83. The number of nitrogens with zero attached hydrogens (tertiary/aromatic N) is 4. The molecule has 0 fully saturated rings. The van der Waals surface area contributed by atoms with Crippen molar-refractivity contribution in [3.63, 3.8) is 0 Å². The highest BCUT2D eigenvalue weighted by molar-refractivity contribution is 5.79. The fourth-order valence-corrected chi connectivity index (χ4v) is 3.23. The summed E-state index contributed by atoms with van der Waals surface area (Å²) in [6.07, 6.45) is 4.72. The van der Waals surface area contributed by atoms with E-state index in [1.54, 1.807) is 12.3 Å². The molecule has 1 N–H and O–H groups in total. The average molecular weight is 311 g/mol. The molecule has 0 radical (unpaired) electrons. The number of rotatable bonds is 3. The Morgan fingerprint density at radius 1 is 1.39 bits per heavy atom. The molecular formula is C17H18FN5. The van der Waals surface area contributed by atoms with Gasteiger partial charge in [-0.15, -0.1) is 5.10 Å². The van der Waals surface area contributed by atoms with Crippen molar-refractivity contribution >= 4 is 10.9 Å². The molecule has 0 saturated heterocycles. The van der Waals surface area contributed by atoms with Crippen molar-refractivity contribution in [2.24, 2.45) is 7.05 Å². The van der Waals surface area contributed by atoms with E-state index in [1.807, 2.05) is 23.9 Å². The summed E-state index contributed by atoms with van der Waals surface area (Å²) in [4.78, 5) is 4.24. The normalized spacial score (nSPS) is 17.4. The topological polar surface area (TPSA) is 55.6 Å². The molecule has 2 heterocycles. The second-order valence-corrected chi connectivity index (χ2v) is 6.08. The molecule has 0 aliphatic heterocycles. The Morgan fingerprint density at radius 2 is 2.30 bits per heavy atom. The fraction of sp³-hybridized carbons (Fsp3) is 0.353. The van der Waals surface area contributed by atoms with Crippen molar-refractivity contribution in [1.82, 2.24) is 25.3 Å². The number of nitrogens with one attached hydrogen (secondary N) is 1. The molecule has 4 rings (SSSR count). The summed E-state index contributed by atoms with van der Waals surface area (Å²) in [5.74, 6) is -0.274. The Morgan fingerprint density at radius 3 is 3.22 bits per heavy atom. The number of aryl methyl sites for hydroxylation is 1. The summed E-state index contributed by atoms with van der Waals surface area (Å²) in [6.45, 7) is 0.722. The number of fused-ring (bicyclic) bond motifs is 2. The van der Waals surface area contributed by atoms with E-state index in [4.69, 9.17) is 0 Å². The molecule has 1 aliphatic rings. The van der Waals surface area contributed by atoms with Crippen LogP contribution in [-0.4, -0.2) is 26.0 Å². The summed E-state index contributed by atoms with van der Waals surface area (Å²) in [7, 11) is 1.94. The number of hydrogen-bond donors (Lipinski definition) is 1. The molecule has 1 aliphatic carbocycles.